The minimum atomic E-state index is -2.82. The lowest BCUT2D eigenvalue weighted by Crippen LogP contribution is -2.59. The number of carbonyl (C=O) groups excluding carboxylic acids is 6. The highest BCUT2D eigenvalue weighted by Gasteiger charge is 2.38. The standard InChI is InChI=1S/C33H48F2N6O7/c1-20(2)16-25(29(44)38-24(17-23-10-13-36-28(23)43)27(42)31(46)37-21(3)4)39-30(45)26(18-41-14-11-33(34,35)12-15-41)40-32(47)48-19-22-8-6-5-7-9-22/h5-9,20-21,23-26H,10-19H2,1-4H3,(H,36,43)(H,37,46)(H,38,44)(H,39,45)(H,40,47)/t23-,24?,25?,26?/m0/s1. The van der Waals surface area contributed by atoms with Crippen LogP contribution in [0.15, 0.2) is 30.3 Å². The van der Waals surface area contributed by atoms with Gasteiger partial charge in [0.15, 0.2) is 0 Å². The van der Waals surface area contributed by atoms with Gasteiger partial charge in [0.2, 0.25) is 23.5 Å². The quantitative estimate of drug-likeness (QED) is 0.164. The molecule has 0 aliphatic carbocycles. The Balaban J connectivity index is 1.77. The molecule has 0 saturated carbocycles. The topological polar surface area (TPSA) is 175 Å². The molecule has 5 N–H and O–H groups in total. The summed E-state index contributed by atoms with van der Waals surface area (Å²) in [4.78, 5) is 79.9. The van der Waals surface area contributed by atoms with Crippen molar-refractivity contribution in [1.82, 2.24) is 31.5 Å². The maximum Gasteiger partial charge on any atom is 0.408 e. The van der Waals surface area contributed by atoms with Gasteiger partial charge in [-0.1, -0.05) is 44.2 Å². The number of amides is 5. The number of ketones is 1. The summed E-state index contributed by atoms with van der Waals surface area (Å²) in [5, 5.41) is 12.9. The van der Waals surface area contributed by atoms with E-state index in [0.717, 1.165) is 0 Å². The maximum atomic E-state index is 13.8. The van der Waals surface area contributed by atoms with E-state index in [2.05, 4.69) is 26.6 Å². The number of carbonyl (C=O) groups is 6. The first-order valence-corrected chi connectivity index (χ1v) is 16.4. The van der Waals surface area contributed by atoms with E-state index < -0.39 is 72.4 Å². The van der Waals surface area contributed by atoms with Crippen LogP contribution in [0.4, 0.5) is 13.6 Å². The lowest BCUT2D eigenvalue weighted by atomic mass is 9.94. The Morgan fingerprint density at radius 1 is 0.917 bits per heavy atom. The Hall–Kier alpha value is -4.14. The van der Waals surface area contributed by atoms with E-state index in [0.29, 0.717) is 18.5 Å². The van der Waals surface area contributed by atoms with Crippen molar-refractivity contribution in [1.29, 1.82) is 0 Å². The molecule has 0 radical (unpaired) electrons. The van der Waals surface area contributed by atoms with Crippen molar-refractivity contribution in [3.63, 3.8) is 0 Å². The Labute approximate surface area is 279 Å². The molecule has 0 bridgehead atoms. The van der Waals surface area contributed by atoms with Gasteiger partial charge in [-0.2, -0.15) is 0 Å². The van der Waals surface area contributed by atoms with Crippen LogP contribution in [0.1, 0.15) is 65.4 Å². The number of alkyl halides is 2. The second-order valence-electron chi connectivity index (χ2n) is 13.2. The van der Waals surface area contributed by atoms with E-state index in [1.165, 1.54) is 0 Å². The number of ether oxygens (including phenoxy) is 1. The summed E-state index contributed by atoms with van der Waals surface area (Å²) in [5.41, 5.74) is 0.710. The Kier molecular flexibility index (Phi) is 14.2. The van der Waals surface area contributed by atoms with Crippen molar-refractivity contribution in [2.24, 2.45) is 11.8 Å². The van der Waals surface area contributed by atoms with Gasteiger partial charge < -0.3 is 36.2 Å². The van der Waals surface area contributed by atoms with E-state index in [-0.39, 0.29) is 56.9 Å². The number of alkyl carbamates (subject to hydrolysis) is 1. The molecule has 2 fully saturated rings. The summed E-state index contributed by atoms with van der Waals surface area (Å²) in [6, 6.07) is 4.69. The largest absolute Gasteiger partial charge is 0.445 e. The fourth-order valence-corrected chi connectivity index (χ4v) is 5.55. The second-order valence-corrected chi connectivity index (χ2v) is 13.2. The molecule has 266 valence electrons. The highest BCUT2D eigenvalue weighted by molar-refractivity contribution is 6.38. The molecule has 3 unspecified atom stereocenters. The van der Waals surface area contributed by atoms with Crippen molar-refractivity contribution in [2.75, 3.05) is 26.2 Å². The molecule has 2 heterocycles. The number of hydrogen-bond acceptors (Lipinski definition) is 8. The molecule has 2 aliphatic heterocycles. The summed E-state index contributed by atoms with van der Waals surface area (Å²) in [7, 11) is 0. The Morgan fingerprint density at radius 3 is 2.12 bits per heavy atom. The summed E-state index contributed by atoms with van der Waals surface area (Å²) in [6.45, 7) is 7.18. The molecule has 1 aromatic carbocycles. The number of halogens is 2. The van der Waals surface area contributed by atoms with Gasteiger partial charge in [0.25, 0.3) is 11.8 Å². The molecule has 4 atom stereocenters. The van der Waals surface area contributed by atoms with E-state index in [4.69, 9.17) is 4.74 Å². The third-order valence-electron chi connectivity index (χ3n) is 8.15. The van der Waals surface area contributed by atoms with Crippen LogP contribution in [-0.2, 0) is 35.3 Å². The third kappa shape index (κ3) is 12.5. The average molecular weight is 679 g/mol. The van der Waals surface area contributed by atoms with Gasteiger partial charge in [0, 0.05) is 51.0 Å². The number of likely N-dealkylation sites (tertiary alicyclic amines) is 1. The smallest absolute Gasteiger partial charge is 0.408 e. The molecule has 5 amide bonds. The van der Waals surface area contributed by atoms with Gasteiger partial charge in [0.1, 0.15) is 18.7 Å². The van der Waals surface area contributed by atoms with Gasteiger partial charge >= 0.3 is 6.09 Å². The van der Waals surface area contributed by atoms with Gasteiger partial charge in [-0.3, -0.25) is 24.0 Å². The lowest BCUT2D eigenvalue weighted by Gasteiger charge is -2.34. The predicted molar refractivity (Wildman–Crippen MR) is 172 cm³/mol. The number of benzene rings is 1. The summed E-state index contributed by atoms with van der Waals surface area (Å²) in [5.74, 6) is -7.19. The number of rotatable bonds is 16. The van der Waals surface area contributed by atoms with E-state index in [9.17, 15) is 37.5 Å². The molecule has 3 rings (SSSR count). The highest BCUT2D eigenvalue weighted by Crippen LogP contribution is 2.27. The molecule has 15 heteroatoms. The first kappa shape index (κ1) is 38.3. The van der Waals surface area contributed by atoms with Crippen LogP contribution in [0.3, 0.4) is 0 Å². The molecule has 2 saturated heterocycles. The Morgan fingerprint density at radius 2 is 1.54 bits per heavy atom. The number of Topliss-reactive ketones (excluding diaryl/α,β-unsaturated/α-hetero) is 1. The van der Waals surface area contributed by atoms with Crippen molar-refractivity contribution in [2.45, 2.75) is 96.5 Å². The zero-order valence-corrected chi connectivity index (χ0v) is 28.0. The first-order chi connectivity index (χ1) is 22.6. The van der Waals surface area contributed by atoms with Crippen LogP contribution in [0, 0.1) is 11.8 Å². The number of nitrogens with zero attached hydrogens (tertiary/aromatic N) is 1. The van der Waals surface area contributed by atoms with Gasteiger partial charge in [-0.25, -0.2) is 13.6 Å². The van der Waals surface area contributed by atoms with Crippen molar-refractivity contribution < 1.29 is 42.3 Å². The van der Waals surface area contributed by atoms with Gasteiger partial charge in [0.05, 0.1) is 6.04 Å². The number of nitrogens with one attached hydrogen (secondary N) is 5. The number of piperidine rings is 1. The first-order valence-electron chi connectivity index (χ1n) is 16.4. The zero-order chi connectivity index (χ0) is 35.4. The normalized spacial score (nSPS) is 19.5. The van der Waals surface area contributed by atoms with Crippen LogP contribution >= 0.6 is 0 Å². The summed E-state index contributed by atoms with van der Waals surface area (Å²) >= 11 is 0. The molecule has 0 aromatic heterocycles. The van der Waals surface area contributed by atoms with Crippen LogP contribution < -0.4 is 26.6 Å². The SMILES string of the molecule is CC(C)CC(NC(=O)C(CN1CCC(F)(F)CC1)NC(=O)OCc1ccccc1)C(=O)NC(C[C@@H]1CCNC1=O)C(=O)C(=O)NC(C)C. The molecular weight excluding hydrogens is 630 g/mol. The number of hydrogen-bond donors (Lipinski definition) is 5. The van der Waals surface area contributed by atoms with Crippen LogP contribution in [0.2, 0.25) is 0 Å². The average Bonchev–Trinajstić information content (AvgIpc) is 3.43. The lowest BCUT2D eigenvalue weighted by molar-refractivity contribution is -0.141. The molecule has 0 spiro atoms. The van der Waals surface area contributed by atoms with E-state index >= 15 is 0 Å². The van der Waals surface area contributed by atoms with Crippen LogP contribution in [0.5, 0.6) is 0 Å². The summed E-state index contributed by atoms with van der Waals surface area (Å²) in [6.07, 6.45) is -1.29. The fourth-order valence-electron chi connectivity index (χ4n) is 5.55. The van der Waals surface area contributed by atoms with Gasteiger partial charge in [-0.05, 0) is 44.6 Å². The zero-order valence-electron chi connectivity index (χ0n) is 28.0. The third-order valence-corrected chi connectivity index (χ3v) is 8.15. The van der Waals surface area contributed by atoms with Crippen molar-refractivity contribution in [3.8, 4) is 0 Å². The minimum absolute atomic E-state index is 0.00952. The second kappa shape index (κ2) is 17.9. The van der Waals surface area contributed by atoms with Crippen molar-refractivity contribution in [3.05, 3.63) is 35.9 Å². The predicted octanol–water partition coefficient (Wildman–Crippen LogP) is 1.65. The molecule has 13 nitrogen and oxygen atoms in total. The fraction of sp³-hybridized carbons (Fsp3) is 0.636. The van der Waals surface area contributed by atoms with Crippen LogP contribution in [0.25, 0.3) is 0 Å². The Bertz CT molecular complexity index is 1290. The minimum Gasteiger partial charge on any atom is -0.445 e. The monoisotopic (exact) mass is 678 g/mol. The summed E-state index contributed by atoms with van der Waals surface area (Å²) < 4.78 is 33.0. The van der Waals surface area contributed by atoms with Crippen LogP contribution in [-0.4, -0.2) is 96.7 Å². The molecule has 48 heavy (non-hydrogen) atoms. The highest BCUT2D eigenvalue weighted by atomic mass is 19.3. The van der Waals surface area contributed by atoms with Crippen molar-refractivity contribution >= 4 is 35.5 Å². The molecule has 2 aliphatic rings. The maximum absolute atomic E-state index is 13.8. The van der Waals surface area contributed by atoms with E-state index in [1.54, 1.807) is 49.1 Å². The van der Waals surface area contributed by atoms with Gasteiger partial charge in [-0.15, -0.1) is 0 Å². The molecular formula is C33H48F2N6O7. The van der Waals surface area contributed by atoms with E-state index in [1.807, 2.05) is 13.8 Å². The molecule has 1 aromatic rings.